The molecule has 3 heteroatoms. The lowest BCUT2D eigenvalue weighted by Crippen LogP contribution is -2.34. The molecule has 2 N–H and O–H groups in total. The number of rotatable bonds is 5. The summed E-state index contributed by atoms with van der Waals surface area (Å²) < 4.78 is 0. The van der Waals surface area contributed by atoms with Gasteiger partial charge < -0.3 is 10.6 Å². The van der Waals surface area contributed by atoms with Gasteiger partial charge in [-0.25, -0.2) is 0 Å². The quantitative estimate of drug-likeness (QED) is 0.873. The standard InChI is InChI=1S/C18H26N2O/c1-19-18(21)15-7-5-13(6-8-15)12-20-17-4-2-3-16(11-17)14-9-10-14/h5-8,14,16-17,20H,2-4,9-12H2,1H3,(H,19,21). The SMILES string of the molecule is CNC(=O)c1ccc(CNC2CCCC(C3CC3)C2)cc1. The Morgan fingerprint density at radius 3 is 2.52 bits per heavy atom. The molecular formula is C18H26N2O. The van der Waals surface area contributed by atoms with E-state index in [1.807, 2.05) is 12.1 Å². The fourth-order valence-electron chi connectivity index (χ4n) is 3.59. The zero-order chi connectivity index (χ0) is 14.7. The highest BCUT2D eigenvalue weighted by molar-refractivity contribution is 5.93. The zero-order valence-corrected chi connectivity index (χ0v) is 12.9. The predicted molar refractivity (Wildman–Crippen MR) is 85.1 cm³/mol. The maximum Gasteiger partial charge on any atom is 0.251 e. The molecule has 2 fully saturated rings. The molecule has 3 rings (SSSR count). The zero-order valence-electron chi connectivity index (χ0n) is 12.9. The van der Waals surface area contributed by atoms with E-state index in [-0.39, 0.29) is 5.91 Å². The first-order chi connectivity index (χ1) is 10.3. The summed E-state index contributed by atoms with van der Waals surface area (Å²) in [6.45, 7) is 0.913. The number of amides is 1. The van der Waals surface area contributed by atoms with Crippen LogP contribution in [0.5, 0.6) is 0 Å². The topological polar surface area (TPSA) is 41.1 Å². The van der Waals surface area contributed by atoms with Crippen molar-refractivity contribution in [3.63, 3.8) is 0 Å². The summed E-state index contributed by atoms with van der Waals surface area (Å²) in [6.07, 6.45) is 8.45. The van der Waals surface area contributed by atoms with Gasteiger partial charge in [0.1, 0.15) is 0 Å². The Bertz CT molecular complexity index is 478. The molecule has 114 valence electrons. The summed E-state index contributed by atoms with van der Waals surface area (Å²) in [5.74, 6) is 2.00. The summed E-state index contributed by atoms with van der Waals surface area (Å²) in [5.41, 5.74) is 1.99. The molecule has 2 unspecified atom stereocenters. The Kier molecular flexibility index (Phi) is 4.59. The van der Waals surface area contributed by atoms with Gasteiger partial charge in [-0.05, 0) is 55.2 Å². The minimum absolute atomic E-state index is 0.0194. The second-order valence-electron chi connectivity index (χ2n) is 6.62. The molecule has 2 atom stereocenters. The number of benzene rings is 1. The average Bonchev–Trinajstić information content (AvgIpc) is 3.38. The summed E-state index contributed by atoms with van der Waals surface area (Å²) in [7, 11) is 1.66. The number of nitrogens with one attached hydrogen (secondary N) is 2. The largest absolute Gasteiger partial charge is 0.355 e. The molecule has 0 heterocycles. The van der Waals surface area contributed by atoms with Crippen LogP contribution in [0.3, 0.4) is 0 Å². The van der Waals surface area contributed by atoms with E-state index in [4.69, 9.17) is 0 Å². The van der Waals surface area contributed by atoms with Crippen molar-refractivity contribution in [1.82, 2.24) is 10.6 Å². The van der Waals surface area contributed by atoms with Crippen molar-refractivity contribution in [1.29, 1.82) is 0 Å². The van der Waals surface area contributed by atoms with E-state index >= 15 is 0 Å². The lowest BCUT2D eigenvalue weighted by atomic mass is 9.82. The molecule has 1 aromatic carbocycles. The molecular weight excluding hydrogens is 260 g/mol. The van der Waals surface area contributed by atoms with Crippen LogP contribution in [0, 0.1) is 11.8 Å². The van der Waals surface area contributed by atoms with Crippen LogP contribution in [0.15, 0.2) is 24.3 Å². The fourth-order valence-corrected chi connectivity index (χ4v) is 3.59. The minimum Gasteiger partial charge on any atom is -0.355 e. The van der Waals surface area contributed by atoms with Crippen LogP contribution in [-0.4, -0.2) is 19.0 Å². The summed E-state index contributed by atoms with van der Waals surface area (Å²) in [4.78, 5) is 11.5. The van der Waals surface area contributed by atoms with E-state index in [1.165, 1.54) is 44.1 Å². The molecule has 0 spiro atoms. The van der Waals surface area contributed by atoms with E-state index in [0.717, 1.165) is 23.9 Å². The molecule has 2 saturated carbocycles. The third kappa shape index (κ3) is 3.85. The van der Waals surface area contributed by atoms with Crippen molar-refractivity contribution in [3.8, 4) is 0 Å². The molecule has 0 saturated heterocycles. The fraction of sp³-hybridized carbons (Fsp3) is 0.611. The van der Waals surface area contributed by atoms with E-state index in [1.54, 1.807) is 7.05 Å². The van der Waals surface area contributed by atoms with Gasteiger partial charge in [-0.3, -0.25) is 4.79 Å². The molecule has 2 aliphatic carbocycles. The molecule has 1 amide bonds. The summed E-state index contributed by atoms with van der Waals surface area (Å²) >= 11 is 0. The molecule has 0 radical (unpaired) electrons. The van der Waals surface area contributed by atoms with Gasteiger partial charge in [0, 0.05) is 25.2 Å². The molecule has 0 bridgehead atoms. The van der Waals surface area contributed by atoms with Gasteiger partial charge in [-0.1, -0.05) is 25.0 Å². The van der Waals surface area contributed by atoms with E-state index in [9.17, 15) is 4.79 Å². The lowest BCUT2D eigenvalue weighted by Gasteiger charge is -2.30. The lowest BCUT2D eigenvalue weighted by molar-refractivity contribution is 0.0963. The van der Waals surface area contributed by atoms with Gasteiger partial charge >= 0.3 is 0 Å². The Balaban J connectivity index is 1.49. The summed E-state index contributed by atoms with van der Waals surface area (Å²) in [5, 5.41) is 6.36. The van der Waals surface area contributed by atoms with E-state index in [0.29, 0.717) is 6.04 Å². The van der Waals surface area contributed by atoms with Gasteiger partial charge in [0.15, 0.2) is 0 Å². The second kappa shape index (κ2) is 6.61. The van der Waals surface area contributed by atoms with Crippen molar-refractivity contribution < 1.29 is 4.79 Å². The minimum atomic E-state index is -0.0194. The first-order valence-electron chi connectivity index (χ1n) is 8.30. The van der Waals surface area contributed by atoms with Crippen LogP contribution in [0.4, 0.5) is 0 Å². The Labute approximate surface area is 127 Å². The highest BCUT2D eigenvalue weighted by Gasteiger charge is 2.34. The third-order valence-electron chi connectivity index (χ3n) is 5.04. The first-order valence-corrected chi connectivity index (χ1v) is 8.30. The molecule has 3 nitrogen and oxygen atoms in total. The van der Waals surface area contributed by atoms with Crippen LogP contribution < -0.4 is 10.6 Å². The van der Waals surface area contributed by atoms with Crippen LogP contribution in [0.25, 0.3) is 0 Å². The number of hydrogen-bond acceptors (Lipinski definition) is 2. The van der Waals surface area contributed by atoms with Gasteiger partial charge in [-0.2, -0.15) is 0 Å². The van der Waals surface area contributed by atoms with Crippen LogP contribution in [-0.2, 0) is 6.54 Å². The maximum absolute atomic E-state index is 11.5. The van der Waals surface area contributed by atoms with Gasteiger partial charge in [-0.15, -0.1) is 0 Å². The van der Waals surface area contributed by atoms with Crippen molar-refractivity contribution >= 4 is 5.91 Å². The predicted octanol–water partition coefficient (Wildman–Crippen LogP) is 3.10. The van der Waals surface area contributed by atoms with Crippen molar-refractivity contribution in [2.45, 2.75) is 51.1 Å². The first kappa shape index (κ1) is 14.6. The second-order valence-corrected chi connectivity index (χ2v) is 6.62. The van der Waals surface area contributed by atoms with Crippen LogP contribution >= 0.6 is 0 Å². The molecule has 0 aromatic heterocycles. The van der Waals surface area contributed by atoms with Crippen molar-refractivity contribution in [3.05, 3.63) is 35.4 Å². The normalized spacial score (nSPS) is 25.6. The van der Waals surface area contributed by atoms with Crippen LogP contribution in [0.2, 0.25) is 0 Å². The molecule has 21 heavy (non-hydrogen) atoms. The monoisotopic (exact) mass is 286 g/mol. The molecule has 1 aromatic rings. The van der Waals surface area contributed by atoms with Gasteiger partial charge in [0.25, 0.3) is 5.91 Å². The highest BCUT2D eigenvalue weighted by atomic mass is 16.1. The number of carbonyl (C=O) groups is 1. The third-order valence-corrected chi connectivity index (χ3v) is 5.04. The Hall–Kier alpha value is -1.35. The molecule has 2 aliphatic rings. The maximum atomic E-state index is 11.5. The number of hydrogen-bond donors (Lipinski definition) is 2. The highest BCUT2D eigenvalue weighted by Crippen LogP contribution is 2.43. The van der Waals surface area contributed by atoms with Crippen molar-refractivity contribution in [2.75, 3.05) is 7.05 Å². The van der Waals surface area contributed by atoms with Crippen LogP contribution in [0.1, 0.15) is 54.4 Å². The number of carbonyl (C=O) groups excluding carboxylic acids is 1. The molecule has 0 aliphatic heterocycles. The van der Waals surface area contributed by atoms with Crippen molar-refractivity contribution in [2.24, 2.45) is 11.8 Å². The van der Waals surface area contributed by atoms with Gasteiger partial charge in [0.05, 0.1) is 0 Å². The Morgan fingerprint density at radius 2 is 1.86 bits per heavy atom. The van der Waals surface area contributed by atoms with Gasteiger partial charge in [0.2, 0.25) is 0 Å². The average molecular weight is 286 g/mol. The van der Waals surface area contributed by atoms with E-state index in [2.05, 4.69) is 22.8 Å². The smallest absolute Gasteiger partial charge is 0.251 e. The van der Waals surface area contributed by atoms with E-state index < -0.39 is 0 Å². The summed E-state index contributed by atoms with van der Waals surface area (Å²) in [6, 6.07) is 8.60. The Morgan fingerprint density at radius 1 is 1.10 bits per heavy atom.